The minimum Gasteiger partial charge on any atom is -0.467 e. The van der Waals surface area contributed by atoms with Crippen LogP contribution in [0.5, 0.6) is 0 Å². The molecule has 0 saturated carbocycles. The highest BCUT2D eigenvalue weighted by Crippen LogP contribution is 1.90. The Balaban J connectivity index is 4.15. The highest BCUT2D eigenvalue weighted by Gasteiger charge is 2.20. The van der Waals surface area contributed by atoms with E-state index in [4.69, 9.17) is 11.6 Å². The first kappa shape index (κ1) is 14.7. The molecule has 2 unspecified atom stereocenters. The summed E-state index contributed by atoms with van der Waals surface area (Å²) in [5.41, 5.74) is 0. The van der Waals surface area contributed by atoms with Crippen LogP contribution in [0.3, 0.4) is 0 Å². The summed E-state index contributed by atoms with van der Waals surface area (Å²) < 4.78 is 4.43. The lowest BCUT2D eigenvalue weighted by molar-refractivity contribution is -0.144. The van der Waals surface area contributed by atoms with Crippen molar-refractivity contribution in [2.24, 2.45) is 0 Å². The van der Waals surface area contributed by atoms with E-state index in [2.05, 4.69) is 15.4 Å². The van der Waals surface area contributed by atoms with Crippen LogP contribution in [0, 0.1) is 0 Å². The summed E-state index contributed by atoms with van der Waals surface area (Å²) in [6.07, 6.45) is 0. The predicted octanol–water partition coefficient (Wildman–Crippen LogP) is -0.592. The largest absolute Gasteiger partial charge is 0.467 e. The first-order chi connectivity index (χ1) is 7.42. The van der Waals surface area contributed by atoms with Gasteiger partial charge in [-0.3, -0.25) is 9.59 Å². The number of hydrogen-bond acceptors (Lipinski definition) is 4. The van der Waals surface area contributed by atoms with E-state index in [1.165, 1.54) is 21.0 Å². The van der Waals surface area contributed by atoms with Crippen molar-refractivity contribution in [3.8, 4) is 0 Å². The Bertz CT molecular complexity index is 283. The molecular weight excluding hydrogens is 236 g/mol. The molecule has 0 fully saturated rings. The van der Waals surface area contributed by atoms with Gasteiger partial charge in [0.15, 0.2) is 0 Å². The molecule has 92 valence electrons. The Morgan fingerprint density at radius 3 is 2.19 bits per heavy atom. The Kier molecular flexibility index (Phi) is 6.48. The topological polar surface area (TPSA) is 84.5 Å². The van der Waals surface area contributed by atoms with E-state index in [-0.39, 0.29) is 5.88 Å². The summed E-state index contributed by atoms with van der Waals surface area (Å²) in [5, 5.41) is 4.75. The van der Waals surface area contributed by atoms with Gasteiger partial charge in [-0.1, -0.05) is 0 Å². The molecule has 0 rings (SSSR count). The second kappa shape index (κ2) is 7.05. The zero-order chi connectivity index (χ0) is 12.7. The molecule has 16 heavy (non-hydrogen) atoms. The fourth-order valence-electron chi connectivity index (χ4n) is 0.920. The molecule has 0 aromatic carbocycles. The minimum absolute atomic E-state index is 0.218. The average molecular weight is 251 g/mol. The molecule has 0 saturated heterocycles. The number of amides is 2. The van der Waals surface area contributed by atoms with Gasteiger partial charge >= 0.3 is 5.97 Å². The Morgan fingerprint density at radius 1 is 1.19 bits per heavy atom. The lowest BCUT2D eigenvalue weighted by Crippen LogP contribution is -2.49. The third kappa shape index (κ3) is 4.97. The summed E-state index contributed by atoms with van der Waals surface area (Å²) in [6.45, 7) is 2.98. The summed E-state index contributed by atoms with van der Waals surface area (Å²) in [7, 11) is 1.23. The van der Waals surface area contributed by atoms with E-state index in [0.717, 1.165) is 0 Å². The van der Waals surface area contributed by atoms with Crippen LogP contribution < -0.4 is 10.6 Å². The summed E-state index contributed by atoms with van der Waals surface area (Å²) in [6, 6.07) is -1.51. The highest BCUT2D eigenvalue weighted by molar-refractivity contribution is 6.27. The van der Waals surface area contributed by atoms with Crippen LogP contribution in [0.25, 0.3) is 0 Å². The molecule has 0 spiro atoms. The predicted molar refractivity (Wildman–Crippen MR) is 57.9 cm³/mol. The number of esters is 1. The molecule has 6 nitrogen and oxygen atoms in total. The van der Waals surface area contributed by atoms with E-state index >= 15 is 0 Å². The van der Waals surface area contributed by atoms with Crippen LogP contribution in [0.2, 0.25) is 0 Å². The van der Waals surface area contributed by atoms with E-state index in [0.29, 0.717) is 0 Å². The van der Waals surface area contributed by atoms with Crippen molar-refractivity contribution in [3.05, 3.63) is 0 Å². The van der Waals surface area contributed by atoms with E-state index in [1.54, 1.807) is 0 Å². The van der Waals surface area contributed by atoms with Gasteiger partial charge in [0.1, 0.15) is 18.0 Å². The average Bonchev–Trinajstić information content (AvgIpc) is 2.27. The number of methoxy groups -OCH3 is 1. The van der Waals surface area contributed by atoms with Gasteiger partial charge in [-0.05, 0) is 13.8 Å². The zero-order valence-electron chi connectivity index (χ0n) is 9.37. The quantitative estimate of drug-likeness (QED) is 0.505. The third-order valence-corrected chi connectivity index (χ3v) is 2.05. The van der Waals surface area contributed by atoms with Crippen LogP contribution >= 0.6 is 11.6 Å². The normalized spacial score (nSPS) is 13.5. The second-order valence-corrected chi connectivity index (χ2v) is 3.44. The van der Waals surface area contributed by atoms with Gasteiger partial charge in [0, 0.05) is 0 Å². The molecule has 7 heteroatoms. The first-order valence-corrected chi connectivity index (χ1v) is 5.19. The van der Waals surface area contributed by atoms with E-state index in [1.807, 2.05) is 0 Å². The zero-order valence-corrected chi connectivity index (χ0v) is 10.1. The van der Waals surface area contributed by atoms with Crippen LogP contribution in [0.15, 0.2) is 0 Å². The van der Waals surface area contributed by atoms with Crippen LogP contribution in [-0.2, 0) is 19.1 Å². The van der Waals surface area contributed by atoms with Crippen LogP contribution in [0.1, 0.15) is 13.8 Å². The molecule has 0 aliphatic carbocycles. The van der Waals surface area contributed by atoms with Crippen molar-refractivity contribution in [1.82, 2.24) is 10.6 Å². The van der Waals surface area contributed by atoms with E-state index in [9.17, 15) is 14.4 Å². The monoisotopic (exact) mass is 250 g/mol. The number of alkyl halides is 1. The summed E-state index contributed by atoms with van der Waals surface area (Å²) >= 11 is 5.26. The molecule has 2 atom stereocenters. The number of hydrogen-bond donors (Lipinski definition) is 2. The van der Waals surface area contributed by atoms with Gasteiger partial charge in [-0.25, -0.2) is 4.79 Å². The fourth-order valence-corrected chi connectivity index (χ4v) is 0.997. The number of rotatable bonds is 5. The Labute approximate surface area is 98.7 Å². The van der Waals surface area contributed by atoms with Crippen molar-refractivity contribution >= 4 is 29.4 Å². The first-order valence-electron chi connectivity index (χ1n) is 4.65. The maximum absolute atomic E-state index is 11.4. The van der Waals surface area contributed by atoms with Gasteiger partial charge in [-0.2, -0.15) is 0 Å². The lowest BCUT2D eigenvalue weighted by atomic mass is 10.2. The molecule has 0 radical (unpaired) electrons. The van der Waals surface area contributed by atoms with Crippen molar-refractivity contribution < 1.29 is 19.1 Å². The second-order valence-electron chi connectivity index (χ2n) is 3.18. The maximum Gasteiger partial charge on any atom is 0.328 e. The molecular formula is C9H15ClN2O4. The number of nitrogens with one attached hydrogen (secondary N) is 2. The number of ether oxygens (including phenoxy) is 1. The van der Waals surface area contributed by atoms with E-state index < -0.39 is 29.9 Å². The van der Waals surface area contributed by atoms with Crippen molar-refractivity contribution in [2.45, 2.75) is 25.9 Å². The molecule has 0 bridgehead atoms. The van der Waals surface area contributed by atoms with Crippen LogP contribution in [0.4, 0.5) is 0 Å². The SMILES string of the molecule is COC(=O)C(C)NC(=O)C(C)NC(=O)CCl. The minimum atomic E-state index is -0.757. The van der Waals surface area contributed by atoms with Crippen LogP contribution in [-0.4, -0.2) is 42.9 Å². The van der Waals surface area contributed by atoms with Gasteiger partial charge in [0.05, 0.1) is 7.11 Å². The van der Waals surface area contributed by atoms with Crippen molar-refractivity contribution in [3.63, 3.8) is 0 Å². The number of carbonyl (C=O) groups is 3. The molecule has 0 aliphatic rings. The molecule has 0 aromatic heterocycles. The highest BCUT2D eigenvalue weighted by atomic mass is 35.5. The Morgan fingerprint density at radius 2 is 1.75 bits per heavy atom. The van der Waals surface area contributed by atoms with Gasteiger partial charge in [0.2, 0.25) is 11.8 Å². The lowest BCUT2D eigenvalue weighted by Gasteiger charge is -2.16. The summed E-state index contributed by atoms with van der Waals surface area (Å²) in [5.74, 6) is -1.69. The standard InChI is InChI=1S/C9H15ClN2O4/c1-5(11-7(13)4-10)8(14)12-6(2)9(15)16-3/h5-6H,4H2,1-3H3,(H,11,13)(H,12,14). The number of carbonyl (C=O) groups excluding carboxylic acids is 3. The fraction of sp³-hybridized carbons (Fsp3) is 0.667. The molecule has 0 aliphatic heterocycles. The van der Waals surface area contributed by atoms with Crippen molar-refractivity contribution in [2.75, 3.05) is 13.0 Å². The smallest absolute Gasteiger partial charge is 0.328 e. The molecule has 2 amide bonds. The molecule has 2 N–H and O–H groups in total. The third-order valence-electron chi connectivity index (χ3n) is 1.81. The van der Waals surface area contributed by atoms with Crippen molar-refractivity contribution in [1.29, 1.82) is 0 Å². The van der Waals surface area contributed by atoms with Gasteiger partial charge in [-0.15, -0.1) is 11.6 Å². The van der Waals surface area contributed by atoms with Gasteiger partial charge in [0.25, 0.3) is 0 Å². The Hall–Kier alpha value is -1.30. The van der Waals surface area contributed by atoms with Gasteiger partial charge < -0.3 is 15.4 Å². The number of halogens is 1. The maximum atomic E-state index is 11.4. The molecule has 0 heterocycles. The summed E-state index contributed by atoms with van der Waals surface area (Å²) in [4.78, 5) is 33.3. The molecule has 0 aromatic rings.